The molecule has 0 atom stereocenters. The molecule has 1 fully saturated rings. The third-order valence-electron chi connectivity index (χ3n) is 4.55. The summed E-state index contributed by atoms with van der Waals surface area (Å²) in [6, 6.07) is 8.29. The fraction of sp³-hybridized carbons (Fsp3) is 0.190. The number of amides is 2. The Hall–Kier alpha value is -3.10. The molecular weight excluding hydrogens is 428 g/mol. The molecule has 0 radical (unpaired) electrons. The predicted molar refractivity (Wildman–Crippen MR) is 118 cm³/mol. The van der Waals surface area contributed by atoms with Crippen molar-refractivity contribution in [2.75, 3.05) is 26.2 Å². The number of benzene rings is 2. The zero-order valence-electron chi connectivity index (χ0n) is 16.7. The Bertz CT molecular complexity index is 1070. The van der Waals surface area contributed by atoms with E-state index in [-0.39, 0.29) is 10.7 Å². The van der Waals surface area contributed by atoms with Gasteiger partial charge in [-0.15, -0.1) is 0 Å². The molecule has 30 heavy (non-hydrogen) atoms. The first kappa shape index (κ1) is 21.6. The molecule has 156 valence electrons. The lowest BCUT2D eigenvalue weighted by molar-refractivity contribution is -0.122. The number of hydrogen-bond acceptors (Lipinski definition) is 6. The predicted octanol–water partition coefficient (Wildman–Crippen LogP) is 3.51. The van der Waals surface area contributed by atoms with Gasteiger partial charge in [-0.2, -0.15) is 0 Å². The molecule has 7 nitrogen and oxygen atoms in total. The largest absolute Gasteiger partial charge is 0.493 e. The van der Waals surface area contributed by atoms with Gasteiger partial charge in [0, 0.05) is 10.6 Å². The quantitative estimate of drug-likeness (QED) is 0.430. The van der Waals surface area contributed by atoms with Crippen LogP contribution in [0.2, 0.25) is 5.02 Å². The highest BCUT2D eigenvalue weighted by molar-refractivity contribution is 7.80. The summed E-state index contributed by atoms with van der Waals surface area (Å²) < 4.78 is 16.2. The van der Waals surface area contributed by atoms with E-state index < -0.39 is 11.8 Å². The van der Waals surface area contributed by atoms with E-state index in [9.17, 15) is 9.59 Å². The molecule has 1 aliphatic rings. The minimum absolute atomic E-state index is 0.0135. The average molecular weight is 447 g/mol. The van der Waals surface area contributed by atoms with Gasteiger partial charge in [0.1, 0.15) is 5.57 Å². The van der Waals surface area contributed by atoms with Crippen molar-refractivity contribution in [3.05, 3.63) is 52.1 Å². The second kappa shape index (κ2) is 8.73. The number of hydrogen-bond donors (Lipinski definition) is 1. The Morgan fingerprint density at radius 2 is 1.67 bits per heavy atom. The molecule has 2 aromatic carbocycles. The van der Waals surface area contributed by atoms with Crippen LogP contribution in [0.4, 0.5) is 5.69 Å². The summed E-state index contributed by atoms with van der Waals surface area (Å²) in [5.74, 6) is -0.00834. The number of halogens is 1. The SMILES string of the molecule is COc1cc(C)c(/C=C2/C(=O)NC(=S)N(c3ccc(Cl)cc3)C2=O)c(OC)c1OC. The fourth-order valence-electron chi connectivity index (χ4n) is 3.11. The second-order valence-corrected chi connectivity index (χ2v) is 7.13. The summed E-state index contributed by atoms with van der Waals surface area (Å²) >= 11 is 11.1. The van der Waals surface area contributed by atoms with Crippen molar-refractivity contribution in [2.45, 2.75) is 6.92 Å². The molecule has 2 amide bonds. The van der Waals surface area contributed by atoms with Crippen molar-refractivity contribution in [2.24, 2.45) is 0 Å². The number of nitrogens with zero attached hydrogens (tertiary/aromatic N) is 1. The van der Waals surface area contributed by atoms with Crippen LogP contribution in [-0.2, 0) is 9.59 Å². The van der Waals surface area contributed by atoms with E-state index in [4.69, 9.17) is 38.0 Å². The van der Waals surface area contributed by atoms with Crippen LogP contribution >= 0.6 is 23.8 Å². The summed E-state index contributed by atoms with van der Waals surface area (Å²) in [5, 5.41) is 3.05. The Kier molecular flexibility index (Phi) is 6.28. The first-order valence-corrected chi connectivity index (χ1v) is 9.57. The Balaban J connectivity index is 2.14. The van der Waals surface area contributed by atoms with E-state index in [1.54, 1.807) is 30.3 Å². The van der Waals surface area contributed by atoms with Crippen molar-refractivity contribution >= 4 is 52.5 Å². The maximum Gasteiger partial charge on any atom is 0.270 e. The molecule has 0 bridgehead atoms. The van der Waals surface area contributed by atoms with Crippen molar-refractivity contribution in [3.8, 4) is 17.2 Å². The van der Waals surface area contributed by atoms with Gasteiger partial charge in [-0.05, 0) is 61.1 Å². The maximum atomic E-state index is 13.2. The zero-order valence-corrected chi connectivity index (χ0v) is 18.3. The number of methoxy groups -OCH3 is 3. The smallest absolute Gasteiger partial charge is 0.270 e. The molecule has 1 N–H and O–H groups in total. The third-order valence-corrected chi connectivity index (χ3v) is 5.09. The highest BCUT2D eigenvalue weighted by Crippen LogP contribution is 2.43. The van der Waals surface area contributed by atoms with Gasteiger partial charge < -0.3 is 14.2 Å². The number of nitrogens with one attached hydrogen (secondary N) is 1. The van der Waals surface area contributed by atoms with E-state index in [2.05, 4.69) is 5.32 Å². The third kappa shape index (κ3) is 3.83. The van der Waals surface area contributed by atoms with E-state index >= 15 is 0 Å². The van der Waals surface area contributed by atoms with Crippen molar-refractivity contribution in [1.82, 2.24) is 5.32 Å². The maximum absolute atomic E-state index is 13.2. The summed E-state index contributed by atoms with van der Waals surface area (Å²) in [5.41, 5.74) is 1.62. The minimum atomic E-state index is -0.605. The topological polar surface area (TPSA) is 77.1 Å². The molecule has 0 spiro atoms. The lowest BCUT2D eigenvalue weighted by Crippen LogP contribution is -2.54. The van der Waals surface area contributed by atoms with Gasteiger partial charge in [0.2, 0.25) is 5.75 Å². The van der Waals surface area contributed by atoms with Crippen LogP contribution in [0, 0.1) is 6.92 Å². The van der Waals surface area contributed by atoms with Gasteiger partial charge in [-0.1, -0.05) is 11.6 Å². The van der Waals surface area contributed by atoms with Gasteiger partial charge in [0.15, 0.2) is 16.6 Å². The lowest BCUT2D eigenvalue weighted by Gasteiger charge is -2.29. The average Bonchev–Trinajstić information content (AvgIpc) is 2.72. The molecule has 0 saturated carbocycles. The normalized spacial score (nSPS) is 15.3. The highest BCUT2D eigenvalue weighted by atomic mass is 35.5. The number of ether oxygens (including phenoxy) is 3. The number of carbonyl (C=O) groups excluding carboxylic acids is 2. The Labute approximate surface area is 184 Å². The van der Waals surface area contributed by atoms with Gasteiger partial charge in [-0.25, -0.2) is 0 Å². The van der Waals surface area contributed by atoms with E-state index in [1.165, 1.54) is 32.3 Å². The molecule has 2 aromatic rings. The highest BCUT2D eigenvalue weighted by Gasteiger charge is 2.35. The number of thiocarbonyl (C=S) groups is 1. The van der Waals surface area contributed by atoms with Crippen molar-refractivity contribution in [1.29, 1.82) is 0 Å². The fourth-order valence-corrected chi connectivity index (χ4v) is 3.51. The van der Waals surface area contributed by atoms with Crippen LogP contribution in [0.3, 0.4) is 0 Å². The molecule has 0 aromatic heterocycles. The van der Waals surface area contributed by atoms with E-state index in [0.29, 0.717) is 33.5 Å². The standard InChI is InChI=1S/C21H19ClN2O5S/c1-11-9-16(27-2)18(29-4)17(28-3)14(11)10-15-19(25)23-21(30)24(20(15)26)13-7-5-12(22)6-8-13/h5-10H,1-4H3,(H,23,25,30)/b15-10-. The first-order valence-electron chi connectivity index (χ1n) is 8.79. The number of aryl methyl sites for hydroxylation is 1. The van der Waals surface area contributed by atoms with Crippen LogP contribution in [-0.4, -0.2) is 38.3 Å². The van der Waals surface area contributed by atoms with Gasteiger partial charge in [0.25, 0.3) is 11.8 Å². The van der Waals surface area contributed by atoms with E-state index in [1.807, 2.05) is 6.92 Å². The van der Waals surface area contributed by atoms with Crippen LogP contribution in [0.1, 0.15) is 11.1 Å². The molecule has 3 rings (SSSR count). The molecule has 1 saturated heterocycles. The van der Waals surface area contributed by atoms with Crippen molar-refractivity contribution < 1.29 is 23.8 Å². The Morgan fingerprint density at radius 3 is 2.23 bits per heavy atom. The molecule has 9 heteroatoms. The van der Waals surface area contributed by atoms with Crippen LogP contribution in [0.15, 0.2) is 35.9 Å². The molecule has 0 unspecified atom stereocenters. The van der Waals surface area contributed by atoms with Gasteiger partial charge in [0.05, 0.1) is 27.0 Å². The molecule has 0 aliphatic carbocycles. The lowest BCUT2D eigenvalue weighted by atomic mass is 10.0. The van der Waals surface area contributed by atoms with Crippen LogP contribution < -0.4 is 24.4 Å². The number of rotatable bonds is 5. The molecule has 1 aliphatic heterocycles. The molecular formula is C21H19ClN2O5S. The van der Waals surface area contributed by atoms with Crippen LogP contribution in [0.5, 0.6) is 17.2 Å². The van der Waals surface area contributed by atoms with E-state index in [0.717, 1.165) is 5.56 Å². The summed E-state index contributed by atoms with van der Waals surface area (Å²) in [4.78, 5) is 27.0. The van der Waals surface area contributed by atoms with Crippen LogP contribution in [0.25, 0.3) is 6.08 Å². The zero-order chi connectivity index (χ0) is 22.0. The van der Waals surface area contributed by atoms with Gasteiger partial charge in [-0.3, -0.25) is 19.8 Å². The minimum Gasteiger partial charge on any atom is -0.493 e. The first-order chi connectivity index (χ1) is 14.3. The summed E-state index contributed by atoms with van der Waals surface area (Å²) in [7, 11) is 4.46. The summed E-state index contributed by atoms with van der Waals surface area (Å²) in [6.45, 7) is 1.81. The molecule has 1 heterocycles. The van der Waals surface area contributed by atoms with Gasteiger partial charge >= 0.3 is 0 Å². The monoisotopic (exact) mass is 446 g/mol. The Morgan fingerprint density at radius 1 is 1.03 bits per heavy atom. The van der Waals surface area contributed by atoms with Crippen molar-refractivity contribution in [3.63, 3.8) is 0 Å². The second-order valence-electron chi connectivity index (χ2n) is 6.31. The summed E-state index contributed by atoms with van der Waals surface area (Å²) in [6.07, 6.45) is 1.46. The number of carbonyl (C=O) groups is 2. The number of anilines is 1.